The molecule has 0 radical (unpaired) electrons. The van der Waals surface area contributed by atoms with Gasteiger partial charge in [-0.3, -0.25) is 0 Å². The summed E-state index contributed by atoms with van der Waals surface area (Å²) in [6.45, 7) is 1.34. The van der Waals surface area contributed by atoms with E-state index in [4.69, 9.17) is 5.73 Å². The fraction of sp³-hybridized carbons (Fsp3) is 0.222. The molecule has 0 aliphatic carbocycles. The monoisotopic (exact) mass is 189 g/mol. The van der Waals surface area contributed by atoms with Crippen molar-refractivity contribution in [1.29, 1.82) is 0 Å². The molecule has 0 unspecified atom stereocenters. The molecular weight excluding hydrogens is 178 g/mol. The van der Waals surface area contributed by atoms with Crippen LogP contribution in [0.5, 0.6) is 0 Å². The number of hydrogen-bond donors (Lipinski definition) is 1. The molecule has 5 heteroatoms. The van der Waals surface area contributed by atoms with Crippen molar-refractivity contribution in [2.75, 3.05) is 6.54 Å². The fourth-order valence-electron chi connectivity index (χ4n) is 1.29. The lowest BCUT2D eigenvalue weighted by atomic mass is 10.3. The number of hydrogen-bond acceptors (Lipinski definition) is 4. The second kappa shape index (κ2) is 3.97. The Balaban J connectivity index is 2.37. The predicted octanol–water partition coefficient (Wildman–Crippen LogP) is 0.299. The summed E-state index contributed by atoms with van der Waals surface area (Å²) in [5.74, 6) is 0. The van der Waals surface area contributed by atoms with Crippen LogP contribution in [0.2, 0.25) is 0 Å². The smallest absolute Gasteiger partial charge is 0.116 e. The third-order valence-corrected chi connectivity index (χ3v) is 1.93. The van der Waals surface area contributed by atoms with E-state index in [-0.39, 0.29) is 0 Å². The lowest BCUT2D eigenvalue weighted by molar-refractivity contribution is 0.712. The van der Waals surface area contributed by atoms with E-state index in [0.717, 1.165) is 17.9 Å². The molecule has 2 aromatic rings. The molecule has 0 saturated heterocycles. The Bertz CT molecular complexity index is 395. The van der Waals surface area contributed by atoms with Crippen LogP contribution in [0.1, 0.15) is 0 Å². The Morgan fingerprint density at radius 3 is 3.00 bits per heavy atom. The molecule has 2 N–H and O–H groups in total. The Hall–Kier alpha value is -1.75. The molecule has 5 nitrogen and oxygen atoms in total. The lowest BCUT2D eigenvalue weighted by Crippen LogP contribution is -2.10. The molecule has 2 rings (SSSR count). The molecule has 2 aromatic heterocycles. The Morgan fingerprint density at radius 2 is 2.29 bits per heavy atom. The average molecular weight is 189 g/mol. The van der Waals surface area contributed by atoms with Crippen LogP contribution in [0.3, 0.4) is 0 Å². The van der Waals surface area contributed by atoms with Gasteiger partial charge in [0.15, 0.2) is 0 Å². The van der Waals surface area contributed by atoms with Crippen LogP contribution >= 0.6 is 0 Å². The van der Waals surface area contributed by atoms with Crippen molar-refractivity contribution >= 4 is 0 Å². The van der Waals surface area contributed by atoms with Gasteiger partial charge < -0.3 is 10.3 Å². The summed E-state index contributed by atoms with van der Waals surface area (Å²) < 4.78 is 1.97. The Kier molecular flexibility index (Phi) is 2.51. The molecule has 0 aromatic carbocycles. The van der Waals surface area contributed by atoms with Crippen molar-refractivity contribution in [3.63, 3.8) is 0 Å². The zero-order valence-corrected chi connectivity index (χ0v) is 7.67. The highest BCUT2D eigenvalue weighted by Gasteiger charge is 2.04. The average Bonchev–Trinajstić information content (AvgIpc) is 2.68. The van der Waals surface area contributed by atoms with Gasteiger partial charge in [0, 0.05) is 19.3 Å². The summed E-state index contributed by atoms with van der Waals surface area (Å²) in [7, 11) is 0. The standard InChI is InChI=1S/C9H11N5/c10-2-4-14-7-12-5-9(14)8-1-3-11-6-13-8/h1,3,5-7H,2,4,10H2. The number of rotatable bonds is 3. The molecule has 0 bridgehead atoms. The van der Waals surface area contributed by atoms with E-state index >= 15 is 0 Å². The first-order valence-corrected chi connectivity index (χ1v) is 4.38. The van der Waals surface area contributed by atoms with Gasteiger partial charge in [0.05, 0.1) is 23.9 Å². The van der Waals surface area contributed by atoms with Crippen LogP contribution < -0.4 is 5.73 Å². The van der Waals surface area contributed by atoms with Crippen molar-refractivity contribution in [3.05, 3.63) is 31.1 Å². The maximum atomic E-state index is 5.49. The van der Waals surface area contributed by atoms with Crippen molar-refractivity contribution in [2.24, 2.45) is 5.73 Å². The van der Waals surface area contributed by atoms with Crippen LogP contribution in [-0.2, 0) is 6.54 Å². The minimum Gasteiger partial charge on any atom is -0.329 e. The molecule has 14 heavy (non-hydrogen) atoms. The van der Waals surface area contributed by atoms with E-state index in [1.807, 2.05) is 10.6 Å². The maximum Gasteiger partial charge on any atom is 0.116 e. The van der Waals surface area contributed by atoms with Gasteiger partial charge in [-0.25, -0.2) is 15.0 Å². The molecule has 0 atom stereocenters. The van der Waals surface area contributed by atoms with E-state index in [1.54, 1.807) is 18.7 Å². The minimum atomic E-state index is 0.592. The normalized spacial score (nSPS) is 10.4. The summed E-state index contributed by atoms with van der Waals surface area (Å²) in [6.07, 6.45) is 6.76. The third kappa shape index (κ3) is 1.62. The maximum absolute atomic E-state index is 5.49. The van der Waals surface area contributed by atoms with Gasteiger partial charge >= 0.3 is 0 Å². The number of aromatic nitrogens is 4. The summed E-state index contributed by atoms with van der Waals surface area (Å²) in [6, 6.07) is 1.85. The molecule has 0 aliphatic rings. The van der Waals surface area contributed by atoms with Crippen molar-refractivity contribution in [1.82, 2.24) is 19.5 Å². The summed E-state index contributed by atoms with van der Waals surface area (Å²) in [5, 5.41) is 0. The topological polar surface area (TPSA) is 69.6 Å². The Morgan fingerprint density at radius 1 is 1.36 bits per heavy atom. The molecule has 2 heterocycles. The van der Waals surface area contributed by atoms with Crippen molar-refractivity contribution < 1.29 is 0 Å². The van der Waals surface area contributed by atoms with Gasteiger partial charge in [-0.2, -0.15) is 0 Å². The van der Waals surface area contributed by atoms with Crippen LogP contribution in [0.15, 0.2) is 31.1 Å². The first-order valence-electron chi connectivity index (χ1n) is 4.38. The second-order valence-corrected chi connectivity index (χ2v) is 2.86. The first-order chi connectivity index (χ1) is 6.92. The minimum absolute atomic E-state index is 0.592. The third-order valence-electron chi connectivity index (χ3n) is 1.93. The number of nitrogens with zero attached hydrogens (tertiary/aromatic N) is 4. The molecule has 0 saturated carbocycles. The van der Waals surface area contributed by atoms with Gasteiger partial charge in [-0.05, 0) is 6.07 Å². The molecular formula is C9H11N5. The van der Waals surface area contributed by atoms with Gasteiger partial charge in [-0.1, -0.05) is 0 Å². The van der Waals surface area contributed by atoms with E-state index < -0.39 is 0 Å². The second-order valence-electron chi connectivity index (χ2n) is 2.86. The van der Waals surface area contributed by atoms with E-state index in [9.17, 15) is 0 Å². The quantitative estimate of drug-likeness (QED) is 0.753. The zero-order valence-electron chi connectivity index (χ0n) is 7.67. The molecule has 0 spiro atoms. The molecule has 0 amide bonds. The summed E-state index contributed by atoms with van der Waals surface area (Å²) in [5.41, 5.74) is 7.32. The number of nitrogens with two attached hydrogens (primary N) is 1. The largest absolute Gasteiger partial charge is 0.329 e. The predicted molar refractivity (Wildman–Crippen MR) is 52.3 cm³/mol. The molecule has 0 aliphatic heterocycles. The first kappa shape index (κ1) is 8.83. The highest BCUT2D eigenvalue weighted by atomic mass is 15.1. The van der Waals surface area contributed by atoms with Gasteiger partial charge in [0.25, 0.3) is 0 Å². The van der Waals surface area contributed by atoms with Gasteiger partial charge in [0.1, 0.15) is 6.33 Å². The van der Waals surface area contributed by atoms with Crippen LogP contribution in [0, 0.1) is 0 Å². The van der Waals surface area contributed by atoms with E-state index in [2.05, 4.69) is 15.0 Å². The van der Waals surface area contributed by atoms with Gasteiger partial charge in [0.2, 0.25) is 0 Å². The lowest BCUT2D eigenvalue weighted by Gasteiger charge is -2.04. The SMILES string of the molecule is NCCn1cncc1-c1ccncn1. The van der Waals surface area contributed by atoms with Crippen LogP contribution in [0.25, 0.3) is 11.4 Å². The summed E-state index contributed by atoms with van der Waals surface area (Å²) >= 11 is 0. The van der Waals surface area contributed by atoms with Crippen molar-refractivity contribution in [2.45, 2.75) is 6.54 Å². The van der Waals surface area contributed by atoms with Crippen LogP contribution in [0.4, 0.5) is 0 Å². The molecule has 0 fully saturated rings. The summed E-state index contributed by atoms with van der Waals surface area (Å²) in [4.78, 5) is 12.1. The van der Waals surface area contributed by atoms with Crippen LogP contribution in [-0.4, -0.2) is 26.1 Å². The van der Waals surface area contributed by atoms with E-state index in [1.165, 1.54) is 6.33 Å². The highest BCUT2D eigenvalue weighted by Crippen LogP contribution is 2.14. The zero-order chi connectivity index (χ0) is 9.80. The highest BCUT2D eigenvalue weighted by molar-refractivity contribution is 5.52. The Labute approximate surface area is 81.6 Å². The van der Waals surface area contributed by atoms with E-state index in [0.29, 0.717) is 6.54 Å². The fourth-order valence-corrected chi connectivity index (χ4v) is 1.29. The van der Waals surface area contributed by atoms with Crippen molar-refractivity contribution in [3.8, 4) is 11.4 Å². The molecule has 72 valence electrons. The van der Waals surface area contributed by atoms with Gasteiger partial charge in [-0.15, -0.1) is 0 Å². The number of imidazole rings is 1.